The number of esters is 1. The molecule has 3 atom stereocenters. The first kappa shape index (κ1) is 56.0. The maximum absolute atomic E-state index is 13.1. The molecule has 3 N–H and O–H groups in total. The molecule has 0 heterocycles. The van der Waals surface area contributed by atoms with Gasteiger partial charge in [0.05, 0.1) is 25.2 Å². The van der Waals surface area contributed by atoms with Crippen molar-refractivity contribution in [3.8, 4) is 0 Å². The van der Waals surface area contributed by atoms with Gasteiger partial charge in [-0.25, -0.2) is 0 Å². The topological polar surface area (TPSA) is 95.9 Å². The Bertz CT molecular complexity index is 1340. The number of aliphatic hydroxyl groups is 2. The lowest BCUT2D eigenvalue weighted by molar-refractivity contribution is -0.148. The second kappa shape index (κ2) is 46.1. The molecule has 336 valence electrons. The van der Waals surface area contributed by atoms with Crippen molar-refractivity contribution in [1.29, 1.82) is 0 Å². The minimum absolute atomic E-state index is 0.0855. The zero-order chi connectivity index (χ0) is 43.8. The van der Waals surface area contributed by atoms with E-state index in [4.69, 9.17) is 4.74 Å². The molecule has 0 fully saturated rings. The van der Waals surface area contributed by atoms with Gasteiger partial charge in [-0.2, -0.15) is 0 Å². The van der Waals surface area contributed by atoms with Crippen LogP contribution in [0.1, 0.15) is 168 Å². The molecule has 0 radical (unpaired) electrons. The number of allylic oxidation sites excluding steroid dienone is 21. The third kappa shape index (κ3) is 40.8. The molecule has 6 heteroatoms. The summed E-state index contributed by atoms with van der Waals surface area (Å²) in [6, 6.07) is -0.766. The fraction of sp³-hybridized carbons (Fsp3) is 0.556. The van der Waals surface area contributed by atoms with Crippen molar-refractivity contribution >= 4 is 11.9 Å². The van der Waals surface area contributed by atoms with Gasteiger partial charge in [0.15, 0.2) is 0 Å². The standard InChI is InChI=1S/C54H85NO5/c1-4-7-10-13-16-19-22-24-25-26-27-29-31-33-36-39-42-45-50(60-54(59)47-44-41-38-35-32-28-23-20-17-14-11-8-5-2)48-53(58)55-51(49-56)52(57)46-43-40-37-34-30-21-18-15-12-9-6-3/h7-8,10-11,14,16-17,19-20,23-25,27-29,32-33,35-36,38,42,45,50-52,56-57H,4-6,9,12-13,15,18,21-22,26,30-31,34,37,39-41,43-44,46-49H2,1-3H3,(H,55,58)/b10-7-,11-8+,17-14+,19-16-,23-20-,25-24-,29-27-,32-28-,36-33-,38-35+,45-42-. The molecular weight excluding hydrogens is 743 g/mol. The molecule has 0 aromatic heterocycles. The quantitative estimate of drug-likeness (QED) is 0.0248. The first-order valence-electron chi connectivity index (χ1n) is 23.5. The fourth-order valence-corrected chi connectivity index (χ4v) is 6.10. The molecule has 0 aliphatic rings. The molecule has 0 aromatic rings. The number of unbranched alkanes of at least 4 members (excludes halogenated alkanes) is 11. The molecule has 0 rings (SSSR count). The summed E-state index contributed by atoms with van der Waals surface area (Å²) in [6.07, 6.45) is 65.4. The van der Waals surface area contributed by atoms with E-state index in [1.165, 1.54) is 51.4 Å². The minimum Gasteiger partial charge on any atom is -0.458 e. The van der Waals surface area contributed by atoms with Gasteiger partial charge in [-0.1, -0.05) is 219 Å². The van der Waals surface area contributed by atoms with E-state index in [1.54, 1.807) is 6.08 Å². The van der Waals surface area contributed by atoms with Crippen LogP contribution in [0, 0.1) is 0 Å². The number of hydrogen-bond donors (Lipinski definition) is 3. The van der Waals surface area contributed by atoms with Gasteiger partial charge in [-0.05, 0) is 70.3 Å². The van der Waals surface area contributed by atoms with Crippen LogP contribution in [0.3, 0.4) is 0 Å². The number of ether oxygens (including phenoxy) is 1. The molecule has 0 aromatic carbocycles. The third-order valence-electron chi connectivity index (χ3n) is 9.60. The number of amides is 1. The Morgan fingerprint density at radius 1 is 0.533 bits per heavy atom. The summed E-state index contributed by atoms with van der Waals surface area (Å²) < 4.78 is 5.76. The summed E-state index contributed by atoms with van der Waals surface area (Å²) in [5.41, 5.74) is 0. The summed E-state index contributed by atoms with van der Waals surface area (Å²) in [7, 11) is 0. The van der Waals surface area contributed by atoms with Crippen LogP contribution in [0.4, 0.5) is 0 Å². The highest BCUT2D eigenvalue weighted by Crippen LogP contribution is 2.14. The minimum atomic E-state index is -0.840. The Labute approximate surface area is 367 Å². The Morgan fingerprint density at radius 3 is 1.48 bits per heavy atom. The number of carbonyl (C=O) groups excluding carboxylic acids is 2. The van der Waals surface area contributed by atoms with Crippen LogP contribution in [0.5, 0.6) is 0 Å². The maximum atomic E-state index is 13.1. The smallest absolute Gasteiger partial charge is 0.306 e. The number of hydrogen-bond acceptors (Lipinski definition) is 5. The van der Waals surface area contributed by atoms with Crippen molar-refractivity contribution in [3.05, 3.63) is 134 Å². The predicted octanol–water partition coefficient (Wildman–Crippen LogP) is 13.9. The van der Waals surface area contributed by atoms with Gasteiger partial charge in [0.2, 0.25) is 5.91 Å². The van der Waals surface area contributed by atoms with E-state index in [0.717, 1.165) is 64.2 Å². The van der Waals surface area contributed by atoms with Gasteiger partial charge in [-0.3, -0.25) is 9.59 Å². The van der Waals surface area contributed by atoms with E-state index in [0.29, 0.717) is 19.3 Å². The number of nitrogens with one attached hydrogen (secondary N) is 1. The van der Waals surface area contributed by atoms with Crippen molar-refractivity contribution in [2.75, 3.05) is 6.61 Å². The van der Waals surface area contributed by atoms with Gasteiger partial charge in [0.25, 0.3) is 0 Å². The Morgan fingerprint density at radius 2 is 0.983 bits per heavy atom. The van der Waals surface area contributed by atoms with Crippen LogP contribution >= 0.6 is 0 Å². The van der Waals surface area contributed by atoms with Gasteiger partial charge in [-0.15, -0.1) is 0 Å². The monoisotopic (exact) mass is 828 g/mol. The molecule has 0 saturated heterocycles. The molecule has 0 saturated carbocycles. The van der Waals surface area contributed by atoms with Crippen molar-refractivity contribution in [1.82, 2.24) is 5.32 Å². The van der Waals surface area contributed by atoms with Crippen LogP contribution in [0.25, 0.3) is 0 Å². The van der Waals surface area contributed by atoms with Crippen molar-refractivity contribution in [2.45, 2.75) is 187 Å². The second-order valence-corrected chi connectivity index (χ2v) is 15.2. The van der Waals surface area contributed by atoms with E-state index < -0.39 is 18.2 Å². The van der Waals surface area contributed by atoms with Crippen molar-refractivity contribution in [3.63, 3.8) is 0 Å². The van der Waals surface area contributed by atoms with Crippen LogP contribution in [-0.2, 0) is 14.3 Å². The predicted molar refractivity (Wildman–Crippen MR) is 259 cm³/mol. The normalized spacial score (nSPS) is 14.6. The number of rotatable bonds is 39. The molecule has 0 aliphatic carbocycles. The third-order valence-corrected chi connectivity index (χ3v) is 9.60. The Balaban J connectivity index is 4.96. The van der Waals surface area contributed by atoms with Crippen molar-refractivity contribution < 1.29 is 24.5 Å². The van der Waals surface area contributed by atoms with Gasteiger partial charge >= 0.3 is 5.97 Å². The average molecular weight is 828 g/mol. The SMILES string of the molecule is CC/C=C\C/C=C\C/C=C\C/C=C\C/C=C\C/C=C\C(CC(=O)NC(CO)C(O)CCCCCCCCCCCCC)OC(=O)CCC/C=C/C=C\C=C/C=C/C=C/CC. The summed E-state index contributed by atoms with van der Waals surface area (Å²) in [6.45, 7) is 6.13. The lowest BCUT2D eigenvalue weighted by Crippen LogP contribution is -2.46. The highest BCUT2D eigenvalue weighted by Gasteiger charge is 2.23. The number of carbonyl (C=O) groups is 2. The van der Waals surface area contributed by atoms with E-state index >= 15 is 0 Å². The van der Waals surface area contributed by atoms with E-state index in [1.807, 2.05) is 60.8 Å². The number of aliphatic hydroxyl groups excluding tert-OH is 2. The van der Waals surface area contributed by atoms with Crippen LogP contribution < -0.4 is 5.32 Å². The molecule has 0 bridgehead atoms. The summed E-state index contributed by atoms with van der Waals surface area (Å²) in [5, 5.41) is 23.6. The van der Waals surface area contributed by atoms with Crippen molar-refractivity contribution in [2.24, 2.45) is 0 Å². The summed E-state index contributed by atoms with van der Waals surface area (Å²) in [4.78, 5) is 25.9. The van der Waals surface area contributed by atoms with E-state index in [2.05, 4.69) is 92.9 Å². The Kier molecular flexibility index (Phi) is 43.0. The van der Waals surface area contributed by atoms with Crippen LogP contribution in [0.15, 0.2) is 134 Å². The first-order valence-corrected chi connectivity index (χ1v) is 23.5. The molecule has 6 nitrogen and oxygen atoms in total. The second-order valence-electron chi connectivity index (χ2n) is 15.2. The summed E-state index contributed by atoms with van der Waals surface area (Å²) in [5.74, 6) is -0.737. The van der Waals surface area contributed by atoms with Crippen LogP contribution in [-0.4, -0.2) is 46.9 Å². The highest BCUT2D eigenvalue weighted by molar-refractivity contribution is 5.78. The molecule has 1 amide bonds. The zero-order valence-corrected chi connectivity index (χ0v) is 38.0. The lowest BCUT2D eigenvalue weighted by Gasteiger charge is -2.23. The molecule has 0 spiro atoms. The highest BCUT2D eigenvalue weighted by atomic mass is 16.5. The molecular formula is C54H85NO5. The van der Waals surface area contributed by atoms with E-state index in [-0.39, 0.29) is 31.3 Å². The largest absolute Gasteiger partial charge is 0.458 e. The lowest BCUT2D eigenvalue weighted by atomic mass is 10.0. The Hall–Kier alpha value is -4.00. The fourth-order valence-electron chi connectivity index (χ4n) is 6.10. The molecule has 0 aliphatic heterocycles. The van der Waals surface area contributed by atoms with Gasteiger partial charge in [0.1, 0.15) is 6.10 Å². The van der Waals surface area contributed by atoms with Gasteiger partial charge < -0.3 is 20.3 Å². The van der Waals surface area contributed by atoms with Crippen LogP contribution in [0.2, 0.25) is 0 Å². The van der Waals surface area contributed by atoms with E-state index in [9.17, 15) is 19.8 Å². The van der Waals surface area contributed by atoms with Gasteiger partial charge in [0, 0.05) is 6.42 Å². The molecule has 60 heavy (non-hydrogen) atoms. The molecule has 3 unspecified atom stereocenters. The average Bonchev–Trinajstić information content (AvgIpc) is 3.24. The summed E-state index contributed by atoms with van der Waals surface area (Å²) >= 11 is 0. The zero-order valence-electron chi connectivity index (χ0n) is 38.0. The maximum Gasteiger partial charge on any atom is 0.306 e. The first-order chi connectivity index (χ1) is 29.5.